The average molecular weight is 364 g/mol. The van der Waals surface area contributed by atoms with Gasteiger partial charge in [-0.15, -0.1) is 0 Å². The molecule has 1 aliphatic heterocycles. The van der Waals surface area contributed by atoms with Crippen molar-refractivity contribution in [1.82, 2.24) is 4.98 Å². The fourth-order valence-electron chi connectivity index (χ4n) is 3.25. The zero-order valence-corrected chi connectivity index (χ0v) is 14.9. The van der Waals surface area contributed by atoms with E-state index in [1.54, 1.807) is 6.07 Å². The van der Waals surface area contributed by atoms with Crippen molar-refractivity contribution in [3.8, 4) is 5.75 Å². The van der Waals surface area contributed by atoms with Gasteiger partial charge in [0.15, 0.2) is 5.79 Å². The van der Waals surface area contributed by atoms with Crippen molar-refractivity contribution in [3.05, 3.63) is 23.4 Å². The Balaban J connectivity index is 2.27. The summed E-state index contributed by atoms with van der Waals surface area (Å²) in [6, 6.07) is 3.01. The van der Waals surface area contributed by atoms with Gasteiger partial charge in [0.05, 0.1) is 32.0 Å². The highest BCUT2D eigenvalue weighted by Gasteiger charge is 2.42. The SMILES string of the molecule is COC(=O)c1cc2c3c(cc(O)c2[nH]1)N(C(=O)OC)CC(OC)(OC)C3. The van der Waals surface area contributed by atoms with Crippen molar-refractivity contribution in [2.45, 2.75) is 12.2 Å². The molecule has 0 saturated heterocycles. The summed E-state index contributed by atoms with van der Waals surface area (Å²) in [6.07, 6.45) is -0.315. The number of H-pyrrole nitrogens is 1. The van der Waals surface area contributed by atoms with Gasteiger partial charge in [-0.25, -0.2) is 9.59 Å². The van der Waals surface area contributed by atoms with E-state index in [2.05, 4.69) is 4.98 Å². The van der Waals surface area contributed by atoms with Gasteiger partial charge in [-0.2, -0.15) is 0 Å². The molecule has 0 radical (unpaired) electrons. The van der Waals surface area contributed by atoms with Crippen LogP contribution in [0, 0.1) is 0 Å². The Morgan fingerprint density at radius 2 is 1.85 bits per heavy atom. The molecule has 0 aliphatic carbocycles. The maximum Gasteiger partial charge on any atom is 0.414 e. The smallest absolute Gasteiger partial charge is 0.414 e. The second kappa shape index (κ2) is 6.50. The third kappa shape index (κ3) is 2.65. The molecule has 9 heteroatoms. The van der Waals surface area contributed by atoms with E-state index in [1.165, 1.54) is 39.4 Å². The number of aromatic nitrogens is 1. The highest BCUT2D eigenvalue weighted by Crippen LogP contribution is 2.42. The standard InChI is InChI=1S/C17H20N2O7/c1-23-15(21)11-5-9-10-7-17(25-3,26-4)8-19(16(22)24-2)12(10)6-13(20)14(9)18-11/h5-6,18,20H,7-8H2,1-4H3. The van der Waals surface area contributed by atoms with E-state index in [-0.39, 0.29) is 18.0 Å². The Morgan fingerprint density at radius 1 is 1.15 bits per heavy atom. The maximum atomic E-state index is 12.3. The van der Waals surface area contributed by atoms with Gasteiger partial charge in [-0.05, 0) is 11.6 Å². The molecule has 0 bridgehead atoms. The molecule has 3 rings (SSSR count). The Bertz CT molecular complexity index is 870. The molecule has 0 saturated carbocycles. The number of hydrogen-bond acceptors (Lipinski definition) is 7. The number of carbonyl (C=O) groups is 2. The lowest BCUT2D eigenvalue weighted by Crippen LogP contribution is -2.53. The van der Waals surface area contributed by atoms with Crippen molar-refractivity contribution >= 4 is 28.7 Å². The molecular weight excluding hydrogens is 344 g/mol. The molecule has 1 aliphatic rings. The largest absolute Gasteiger partial charge is 0.506 e. The Kier molecular flexibility index (Phi) is 4.51. The molecule has 2 aromatic rings. The van der Waals surface area contributed by atoms with E-state index in [0.29, 0.717) is 28.6 Å². The van der Waals surface area contributed by atoms with Gasteiger partial charge in [0.2, 0.25) is 0 Å². The molecule has 0 atom stereocenters. The number of amides is 1. The number of hydrogen-bond donors (Lipinski definition) is 2. The Labute approximate surface area is 149 Å². The zero-order chi connectivity index (χ0) is 19.1. The number of carbonyl (C=O) groups excluding carboxylic acids is 2. The molecule has 0 unspecified atom stereocenters. The van der Waals surface area contributed by atoms with Gasteiger partial charge in [0.25, 0.3) is 0 Å². The summed E-state index contributed by atoms with van der Waals surface area (Å²) in [6.45, 7) is 0.0822. The highest BCUT2D eigenvalue weighted by molar-refractivity contribution is 6.02. The van der Waals surface area contributed by atoms with Crippen molar-refractivity contribution in [2.24, 2.45) is 0 Å². The van der Waals surface area contributed by atoms with Crippen LogP contribution in [0.15, 0.2) is 12.1 Å². The van der Waals surface area contributed by atoms with Crippen molar-refractivity contribution in [1.29, 1.82) is 0 Å². The highest BCUT2D eigenvalue weighted by atomic mass is 16.7. The normalized spacial score (nSPS) is 15.6. The second-order valence-corrected chi connectivity index (χ2v) is 5.91. The number of anilines is 1. The van der Waals surface area contributed by atoms with Crippen molar-refractivity contribution in [2.75, 3.05) is 39.9 Å². The fourth-order valence-corrected chi connectivity index (χ4v) is 3.25. The third-order valence-corrected chi connectivity index (χ3v) is 4.66. The topological polar surface area (TPSA) is 110 Å². The van der Waals surface area contributed by atoms with Crippen LogP contribution in [0.2, 0.25) is 0 Å². The molecular formula is C17H20N2O7. The van der Waals surface area contributed by atoms with Crippen LogP contribution >= 0.6 is 0 Å². The lowest BCUT2D eigenvalue weighted by Gasteiger charge is -2.41. The number of nitrogens with zero attached hydrogens (tertiary/aromatic N) is 1. The number of benzene rings is 1. The zero-order valence-electron chi connectivity index (χ0n) is 14.9. The quantitative estimate of drug-likeness (QED) is 0.631. The molecule has 1 amide bonds. The van der Waals surface area contributed by atoms with Crippen molar-refractivity contribution in [3.63, 3.8) is 0 Å². The summed E-state index contributed by atoms with van der Waals surface area (Å²) in [4.78, 5) is 28.3. The minimum Gasteiger partial charge on any atom is -0.506 e. The molecule has 26 heavy (non-hydrogen) atoms. The number of phenols is 1. The van der Waals surface area contributed by atoms with Crippen LogP contribution in [0.3, 0.4) is 0 Å². The van der Waals surface area contributed by atoms with Crippen LogP contribution in [-0.4, -0.2) is 62.9 Å². The van der Waals surface area contributed by atoms with Gasteiger partial charge in [0.1, 0.15) is 11.4 Å². The minimum absolute atomic E-state index is 0.0822. The van der Waals surface area contributed by atoms with Crippen molar-refractivity contribution < 1.29 is 33.6 Å². The second-order valence-electron chi connectivity index (χ2n) is 5.91. The Morgan fingerprint density at radius 3 is 2.42 bits per heavy atom. The first-order valence-electron chi connectivity index (χ1n) is 7.81. The van der Waals surface area contributed by atoms with E-state index in [4.69, 9.17) is 18.9 Å². The van der Waals surface area contributed by atoms with E-state index >= 15 is 0 Å². The summed E-state index contributed by atoms with van der Waals surface area (Å²) in [5, 5.41) is 10.9. The van der Waals surface area contributed by atoms with E-state index < -0.39 is 17.8 Å². The van der Waals surface area contributed by atoms with Crippen LogP contribution in [0.1, 0.15) is 16.1 Å². The summed E-state index contributed by atoms with van der Waals surface area (Å²) in [5.74, 6) is -1.77. The Hall–Kier alpha value is -2.78. The number of esters is 1. The lowest BCUT2D eigenvalue weighted by atomic mass is 9.93. The van der Waals surface area contributed by atoms with E-state index in [0.717, 1.165) is 0 Å². The molecule has 9 nitrogen and oxygen atoms in total. The average Bonchev–Trinajstić information content (AvgIpc) is 3.13. The molecule has 140 valence electrons. The molecule has 0 fully saturated rings. The monoisotopic (exact) mass is 364 g/mol. The summed E-state index contributed by atoms with van der Waals surface area (Å²) < 4.78 is 20.6. The predicted octanol–water partition coefficient (Wildman–Crippen LogP) is 1.78. The molecule has 2 N–H and O–H groups in total. The summed E-state index contributed by atoms with van der Waals surface area (Å²) in [7, 11) is 5.50. The fraction of sp³-hybridized carbons (Fsp3) is 0.412. The number of nitrogens with one attached hydrogen (secondary N) is 1. The third-order valence-electron chi connectivity index (χ3n) is 4.66. The van der Waals surface area contributed by atoms with Gasteiger partial charge >= 0.3 is 12.1 Å². The van der Waals surface area contributed by atoms with Crippen LogP contribution in [0.5, 0.6) is 5.75 Å². The predicted molar refractivity (Wildman–Crippen MR) is 91.5 cm³/mol. The van der Waals surface area contributed by atoms with Gasteiger partial charge in [0, 0.05) is 32.1 Å². The molecule has 0 spiro atoms. The molecule has 2 heterocycles. The van der Waals surface area contributed by atoms with Gasteiger partial charge < -0.3 is 29.0 Å². The van der Waals surface area contributed by atoms with Gasteiger partial charge in [-0.3, -0.25) is 4.90 Å². The van der Waals surface area contributed by atoms with Crippen LogP contribution < -0.4 is 4.90 Å². The number of fused-ring (bicyclic) bond motifs is 3. The minimum atomic E-state index is -1.09. The first-order valence-corrected chi connectivity index (χ1v) is 7.81. The van der Waals surface area contributed by atoms with Crippen LogP contribution in [0.4, 0.5) is 10.5 Å². The van der Waals surface area contributed by atoms with Crippen LogP contribution in [0.25, 0.3) is 10.9 Å². The number of ether oxygens (including phenoxy) is 4. The first-order chi connectivity index (χ1) is 12.4. The first kappa shape index (κ1) is 18.0. The lowest BCUT2D eigenvalue weighted by molar-refractivity contribution is -0.199. The molecule has 1 aromatic carbocycles. The number of rotatable bonds is 3. The number of aromatic hydroxyl groups is 1. The van der Waals surface area contributed by atoms with Gasteiger partial charge in [-0.1, -0.05) is 0 Å². The van der Waals surface area contributed by atoms with Crippen LogP contribution in [-0.2, 0) is 25.4 Å². The maximum absolute atomic E-state index is 12.3. The van der Waals surface area contributed by atoms with E-state index in [9.17, 15) is 14.7 Å². The summed E-state index contributed by atoms with van der Waals surface area (Å²) >= 11 is 0. The summed E-state index contributed by atoms with van der Waals surface area (Å²) in [5.41, 5.74) is 1.67. The van der Waals surface area contributed by atoms with E-state index in [1.807, 2.05) is 0 Å². The number of aromatic amines is 1. The number of methoxy groups -OCH3 is 4. The number of phenolic OH excluding ortho intramolecular Hbond substituents is 1. The molecule has 1 aromatic heterocycles.